The van der Waals surface area contributed by atoms with Crippen LogP contribution in [-0.2, 0) is 6.54 Å². The molecule has 0 saturated carbocycles. The maximum absolute atomic E-state index is 11.8. The first-order chi connectivity index (χ1) is 10.2. The molecule has 2 amide bonds. The molecule has 0 atom stereocenters. The minimum Gasteiger partial charge on any atom is -0.496 e. The van der Waals surface area contributed by atoms with Crippen molar-refractivity contribution >= 4 is 11.7 Å². The molecule has 0 aromatic heterocycles. The number of hydrogen-bond donors (Lipinski definition) is 2. The summed E-state index contributed by atoms with van der Waals surface area (Å²) in [6.07, 6.45) is 0. The fraction of sp³-hybridized carbons (Fsp3) is 0.125. The van der Waals surface area contributed by atoms with Gasteiger partial charge in [0.05, 0.1) is 18.7 Å². The lowest BCUT2D eigenvalue weighted by Gasteiger charge is -2.10. The summed E-state index contributed by atoms with van der Waals surface area (Å²) in [5.41, 5.74) is 2.08. The Hall–Kier alpha value is -3.00. The Morgan fingerprint density at radius 2 is 1.90 bits per heavy atom. The molecule has 2 aromatic carbocycles. The number of rotatable bonds is 4. The highest BCUT2D eigenvalue weighted by atomic mass is 16.5. The number of amides is 2. The molecule has 0 aliphatic rings. The lowest BCUT2D eigenvalue weighted by atomic mass is 10.2. The van der Waals surface area contributed by atoms with Gasteiger partial charge in [0.2, 0.25) is 0 Å². The Morgan fingerprint density at radius 3 is 2.57 bits per heavy atom. The Kier molecular flexibility index (Phi) is 4.78. The van der Waals surface area contributed by atoms with Crippen molar-refractivity contribution in [2.24, 2.45) is 0 Å². The summed E-state index contributed by atoms with van der Waals surface area (Å²) >= 11 is 0. The SMILES string of the molecule is COc1ccccc1CNC(=O)Nc1ccc(C#N)cc1. The van der Waals surface area contributed by atoms with Crippen LogP contribution in [0.2, 0.25) is 0 Å². The fourth-order valence-electron chi connectivity index (χ4n) is 1.83. The molecular weight excluding hydrogens is 266 g/mol. The number of nitrogens with zero attached hydrogens (tertiary/aromatic N) is 1. The number of benzene rings is 2. The van der Waals surface area contributed by atoms with E-state index in [1.807, 2.05) is 30.3 Å². The topological polar surface area (TPSA) is 74.2 Å². The van der Waals surface area contributed by atoms with Crippen LogP contribution in [0.3, 0.4) is 0 Å². The zero-order valence-electron chi connectivity index (χ0n) is 11.6. The summed E-state index contributed by atoms with van der Waals surface area (Å²) in [6, 6.07) is 15.9. The molecule has 0 aliphatic heterocycles. The predicted molar refractivity (Wildman–Crippen MR) is 80.0 cm³/mol. The summed E-state index contributed by atoms with van der Waals surface area (Å²) in [5.74, 6) is 0.733. The van der Waals surface area contributed by atoms with E-state index in [0.29, 0.717) is 17.8 Å². The smallest absolute Gasteiger partial charge is 0.319 e. The Morgan fingerprint density at radius 1 is 1.19 bits per heavy atom. The van der Waals surface area contributed by atoms with E-state index in [0.717, 1.165) is 11.3 Å². The van der Waals surface area contributed by atoms with Crippen LogP contribution in [0.25, 0.3) is 0 Å². The summed E-state index contributed by atoms with van der Waals surface area (Å²) in [7, 11) is 1.59. The van der Waals surface area contributed by atoms with Crippen molar-refractivity contribution in [1.29, 1.82) is 5.26 Å². The highest BCUT2D eigenvalue weighted by Crippen LogP contribution is 2.16. The van der Waals surface area contributed by atoms with Crippen molar-refractivity contribution in [1.82, 2.24) is 5.32 Å². The normalized spacial score (nSPS) is 9.52. The second-order valence-corrected chi connectivity index (χ2v) is 4.31. The maximum atomic E-state index is 11.8. The van der Waals surface area contributed by atoms with Crippen molar-refractivity contribution in [3.8, 4) is 11.8 Å². The van der Waals surface area contributed by atoms with E-state index in [-0.39, 0.29) is 6.03 Å². The molecule has 21 heavy (non-hydrogen) atoms. The molecule has 0 spiro atoms. The second kappa shape index (κ2) is 6.96. The average Bonchev–Trinajstić information content (AvgIpc) is 2.54. The van der Waals surface area contributed by atoms with Gasteiger partial charge in [-0.25, -0.2) is 4.79 Å². The molecule has 5 heteroatoms. The molecule has 0 aliphatic carbocycles. The Balaban J connectivity index is 1.91. The van der Waals surface area contributed by atoms with E-state index >= 15 is 0 Å². The molecule has 2 rings (SSSR count). The lowest BCUT2D eigenvalue weighted by molar-refractivity contribution is 0.251. The third-order valence-electron chi connectivity index (χ3n) is 2.90. The van der Waals surface area contributed by atoms with Crippen LogP contribution >= 0.6 is 0 Å². The third kappa shape index (κ3) is 3.98. The molecule has 0 saturated heterocycles. The molecule has 0 radical (unpaired) electrons. The number of hydrogen-bond acceptors (Lipinski definition) is 3. The summed E-state index contributed by atoms with van der Waals surface area (Å²) in [4.78, 5) is 11.8. The van der Waals surface area contributed by atoms with Gasteiger partial charge in [-0.3, -0.25) is 0 Å². The second-order valence-electron chi connectivity index (χ2n) is 4.31. The maximum Gasteiger partial charge on any atom is 0.319 e. The molecule has 0 fully saturated rings. The largest absolute Gasteiger partial charge is 0.496 e. The highest BCUT2D eigenvalue weighted by Gasteiger charge is 2.05. The molecule has 5 nitrogen and oxygen atoms in total. The number of carbonyl (C=O) groups is 1. The Labute approximate surface area is 123 Å². The van der Waals surface area contributed by atoms with E-state index in [1.54, 1.807) is 31.4 Å². The number of carbonyl (C=O) groups excluding carboxylic acids is 1. The Bertz CT molecular complexity index is 660. The summed E-state index contributed by atoms with van der Waals surface area (Å²) in [5, 5.41) is 14.2. The first kappa shape index (κ1) is 14.4. The van der Waals surface area contributed by atoms with Gasteiger partial charge in [0.25, 0.3) is 0 Å². The number of nitriles is 1. The predicted octanol–water partition coefficient (Wildman–Crippen LogP) is 2.89. The molecule has 0 heterocycles. The number of anilines is 1. The minimum absolute atomic E-state index is 0.314. The van der Waals surface area contributed by atoms with E-state index in [9.17, 15) is 4.79 Å². The zero-order chi connectivity index (χ0) is 15.1. The van der Waals surface area contributed by atoms with E-state index < -0.39 is 0 Å². The van der Waals surface area contributed by atoms with Crippen molar-refractivity contribution in [2.75, 3.05) is 12.4 Å². The van der Waals surface area contributed by atoms with Gasteiger partial charge >= 0.3 is 6.03 Å². The van der Waals surface area contributed by atoms with Crippen LogP contribution in [0.15, 0.2) is 48.5 Å². The van der Waals surface area contributed by atoms with Gasteiger partial charge in [-0.05, 0) is 30.3 Å². The van der Waals surface area contributed by atoms with Crippen molar-refractivity contribution < 1.29 is 9.53 Å². The summed E-state index contributed by atoms with van der Waals surface area (Å²) < 4.78 is 5.22. The monoisotopic (exact) mass is 281 g/mol. The van der Waals surface area contributed by atoms with E-state index in [4.69, 9.17) is 10.00 Å². The molecule has 0 bridgehead atoms. The average molecular weight is 281 g/mol. The van der Waals surface area contributed by atoms with E-state index in [2.05, 4.69) is 10.6 Å². The van der Waals surface area contributed by atoms with Gasteiger partial charge in [-0.15, -0.1) is 0 Å². The van der Waals surface area contributed by atoms with Crippen molar-refractivity contribution in [3.05, 3.63) is 59.7 Å². The minimum atomic E-state index is -0.314. The number of urea groups is 1. The molecular formula is C16H15N3O2. The van der Waals surface area contributed by atoms with Crippen LogP contribution in [0.5, 0.6) is 5.75 Å². The number of para-hydroxylation sites is 1. The van der Waals surface area contributed by atoms with Crippen LogP contribution in [0.4, 0.5) is 10.5 Å². The zero-order valence-corrected chi connectivity index (χ0v) is 11.6. The van der Waals surface area contributed by atoms with Crippen LogP contribution in [0, 0.1) is 11.3 Å². The van der Waals surface area contributed by atoms with Gasteiger partial charge in [-0.1, -0.05) is 18.2 Å². The van der Waals surface area contributed by atoms with Crippen LogP contribution in [0.1, 0.15) is 11.1 Å². The van der Waals surface area contributed by atoms with Gasteiger partial charge in [-0.2, -0.15) is 5.26 Å². The standard InChI is InChI=1S/C16H15N3O2/c1-21-15-5-3-2-4-13(15)11-18-16(20)19-14-8-6-12(10-17)7-9-14/h2-9H,11H2,1H3,(H2,18,19,20). The fourth-order valence-corrected chi connectivity index (χ4v) is 1.83. The quantitative estimate of drug-likeness (QED) is 0.905. The number of methoxy groups -OCH3 is 1. The molecule has 106 valence electrons. The van der Waals surface area contributed by atoms with Gasteiger partial charge < -0.3 is 15.4 Å². The van der Waals surface area contributed by atoms with Crippen molar-refractivity contribution in [2.45, 2.75) is 6.54 Å². The summed E-state index contributed by atoms with van der Waals surface area (Å²) in [6.45, 7) is 0.367. The van der Waals surface area contributed by atoms with Crippen LogP contribution < -0.4 is 15.4 Å². The van der Waals surface area contributed by atoms with E-state index in [1.165, 1.54) is 0 Å². The lowest BCUT2D eigenvalue weighted by Crippen LogP contribution is -2.28. The highest BCUT2D eigenvalue weighted by molar-refractivity contribution is 5.89. The van der Waals surface area contributed by atoms with Gasteiger partial charge in [0, 0.05) is 17.8 Å². The molecule has 0 unspecified atom stereocenters. The van der Waals surface area contributed by atoms with Crippen molar-refractivity contribution in [3.63, 3.8) is 0 Å². The van der Waals surface area contributed by atoms with Crippen LogP contribution in [-0.4, -0.2) is 13.1 Å². The first-order valence-electron chi connectivity index (χ1n) is 6.40. The van der Waals surface area contributed by atoms with Gasteiger partial charge in [0.15, 0.2) is 0 Å². The third-order valence-corrected chi connectivity index (χ3v) is 2.90. The number of ether oxygens (including phenoxy) is 1. The molecule has 2 aromatic rings. The number of nitrogens with one attached hydrogen (secondary N) is 2. The van der Waals surface area contributed by atoms with Gasteiger partial charge in [0.1, 0.15) is 5.75 Å². The molecule has 2 N–H and O–H groups in total. The first-order valence-corrected chi connectivity index (χ1v) is 6.40.